The largest absolute Gasteiger partial charge is 0.461 e. The molecule has 0 unspecified atom stereocenters. The van der Waals surface area contributed by atoms with E-state index < -0.39 is 5.97 Å². The Morgan fingerprint density at radius 1 is 1.23 bits per heavy atom. The third-order valence-corrected chi connectivity index (χ3v) is 4.52. The smallest absolute Gasteiger partial charge is 0.358 e. The number of benzene rings is 1. The molecule has 0 atom stereocenters. The van der Waals surface area contributed by atoms with Crippen molar-refractivity contribution in [3.05, 3.63) is 69.2 Å². The summed E-state index contributed by atoms with van der Waals surface area (Å²) >= 11 is 18.6. The standard InChI is InChI=1S/C18H14Cl3N3O2/c1-2-26-18(25)15-16(21)23-17(11-4-3-7-22-9-11)24(15)10-12-8-13(19)5-6-14(12)20/h3-9H,2,10H2,1H3. The van der Waals surface area contributed by atoms with E-state index in [4.69, 9.17) is 39.5 Å². The summed E-state index contributed by atoms with van der Waals surface area (Å²) in [6.07, 6.45) is 3.29. The van der Waals surface area contributed by atoms with Crippen molar-refractivity contribution in [2.45, 2.75) is 13.5 Å². The van der Waals surface area contributed by atoms with Crippen LogP contribution in [0.3, 0.4) is 0 Å². The molecule has 0 saturated heterocycles. The Bertz CT molecular complexity index is 942. The van der Waals surface area contributed by atoms with Crippen LogP contribution in [0, 0.1) is 0 Å². The number of halogens is 3. The third kappa shape index (κ3) is 3.85. The van der Waals surface area contributed by atoms with Crippen molar-refractivity contribution in [2.75, 3.05) is 6.61 Å². The molecular formula is C18H14Cl3N3O2. The van der Waals surface area contributed by atoms with Crippen LogP contribution in [0.15, 0.2) is 42.7 Å². The highest BCUT2D eigenvalue weighted by molar-refractivity contribution is 6.33. The first-order valence-electron chi connectivity index (χ1n) is 7.78. The van der Waals surface area contributed by atoms with Gasteiger partial charge in [-0.15, -0.1) is 0 Å². The highest BCUT2D eigenvalue weighted by Gasteiger charge is 2.24. The maximum absolute atomic E-state index is 12.4. The van der Waals surface area contributed by atoms with Crippen LogP contribution >= 0.6 is 34.8 Å². The van der Waals surface area contributed by atoms with Crippen molar-refractivity contribution in [3.8, 4) is 11.4 Å². The van der Waals surface area contributed by atoms with Crippen LogP contribution in [0.5, 0.6) is 0 Å². The van der Waals surface area contributed by atoms with E-state index >= 15 is 0 Å². The number of esters is 1. The number of nitrogens with zero attached hydrogens (tertiary/aromatic N) is 3. The van der Waals surface area contributed by atoms with Crippen LogP contribution in [-0.2, 0) is 11.3 Å². The van der Waals surface area contributed by atoms with Crippen molar-refractivity contribution in [3.63, 3.8) is 0 Å². The van der Waals surface area contributed by atoms with E-state index in [9.17, 15) is 4.79 Å². The summed E-state index contributed by atoms with van der Waals surface area (Å²) in [6, 6.07) is 8.74. The van der Waals surface area contributed by atoms with Gasteiger partial charge in [0.05, 0.1) is 13.2 Å². The van der Waals surface area contributed by atoms with Gasteiger partial charge in [-0.2, -0.15) is 0 Å². The molecule has 2 aromatic heterocycles. The summed E-state index contributed by atoms with van der Waals surface area (Å²) in [4.78, 5) is 20.9. The number of aromatic nitrogens is 3. The lowest BCUT2D eigenvalue weighted by atomic mass is 10.2. The van der Waals surface area contributed by atoms with Gasteiger partial charge in [-0.3, -0.25) is 4.98 Å². The van der Waals surface area contributed by atoms with Crippen LogP contribution in [0.25, 0.3) is 11.4 Å². The van der Waals surface area contributed by atoms with Gasteiger partial charge in [0.15, 0.2) is 10.8 Å². The Labute approximate surface area is 165 Å². The Kier molecular flexibility index (Phi) is 5.81. The number of ether oxygens (including phenoxy) is 1. The van der Waals surface area contributed by atoms with E-state index in [0.29, 0.717) is 21.4 Å². The van der Waals surface area contributed by atoms with Crippen LogP contribution in [0.2, 0.25) is 15.2 Å². The van der Waals surface area contributed by atoms with Crippen molar-refractivity contribution in [1.82, 2.24) is 14.5 Å². The topological polar surface area (TPSA) is 57.0 Å². The van der Waals surface area contributed by atoms with Gasteiger partial charge in [-0.25, -0.2) is 9.78 Å². The molecule has 8 heteroatoms. The van der Waals surface area contributed by atoms with Gasteiger partial charge in [0, 0.05) is 28.0 Å². The van der Waals surface area contributed by atoms with E-state index in [-0.39, 0.29) is 24.0 Å². The fourth-order valence-electron chi connectivity index (χ4n) is 2.52. The fourth-order valence-corrected chi connectivity index (χ4v) is 3.15. The highest BCUT2D eigenvalue weighted by atomic mass is 35.5. The van der Waals surface area contributed by atoms with Gasteiger partial charge in [-0.1, -0.05) is 34.8 Å². The predicted octanol–water partition coefficient (Wildman–Crippen LogP) is 5.13. The van der Waals surface area contributed by atoms with Crippen LogP contribution < -0.4 is 0 Å². The molecule has 26 heavy (non-hydrogen) atoms. The Morgan fingerprint density at radius 3 is 2.73 bits per heavy atom. The molecule has 0 bridgehead atoms. The van der Waals surface area contributed by atoms with Crippen molar-refractivity contribution in [2.24, 2.45) is 0 Å². The second kappa shape index (κ2) is 8.08. The number of rotatable bonds is 5. The summed E-state index contributed by atoms with van der Waals surface area (Å²) in [5, 5.41) is 1.11. The first kappa shape index (κ1) is 18.7. The molecule has 0 spiro atoms. The molecule has 0 N–H and O–H groups in total. The Morgan fingerprint density at radius 2 is 2.04 bits per heavy atom. The molecule has 3 rings (SSSR count). The van der Waals surface area contributed by atoms with Gasteiger partial charge in [-0.05, 0) is 42.8 Å². The normalized spacial score (nSPS) is 10.8. The number of hydrogen-bond acceptors (Lipinski definition) is 4. The fraction of sp³-hybridized carbons (Fsp3) is 0.167. The number of carbonyl (C=O) groups is 1. The summed E-state index contributed by atoms with van der Waals surface area (Å²) < 4.78 is 6.79. The molecule has 0 fully saturated rings. The van der Waals surface area contributed by atoms with Gasteiger partial charge in [0.1, 0.15) is 5.82 Å². The van der Waals surface area contributed by atoms with E-state index in [0.717, 1.165) is 5.56 Å². The van der Waals surface area contributed by atoms with E-state index in [1.54, 1.807) is 48.1 Å². The molecule has 0 saturated carbocycles. The molecule has 0 aliphatic carbocycles. The first-order chi connectivity index (χ1) is 12.5. The highest BCUT2D eigenvalue weighted by Crippen LogP contribution is 2.29. The lowest BCUT2D eigenvalue weighted by Gasteiger charge is -2.13. The van der Waals surface area contributed by atoms with Crippen LogP contribution in [0.1, 0.15) is 23.0 Å². The minimum atomic E-state index is -0.557. The number of hydrogen-bond donors (Lipinski definition) is 0. The summed E-state index contributed by atoms with van der Waals surface area (Å²) in [5.41, 5.74) is 1.59. The average molecular weight is 411 g/mol. The Balaban J connectivity index is 2.16. The second-order valence-corrected chi connectivity index (χ2v) is 6.56. The van der Waals surface area contributed by atoms with Crippen molar-refractivity contribution < 1.29 is 9.53 Å². The molecular weight excluding hydrogens is 397 g/mol. The predicted molar refractivity (Wildman–Crippen MR) is 102 cm³/mol. The average Bonchev–Trinajstić information content (AvgIpc) is 2.95. The maximum atomic E-state index is 12.4. The zero-order valence-electron chi connectivity index (χ0n) is 13.7. The molecule has 134 valence electrons. The molecule has 3 aromatic rings. The van der Waals surface area contributed by atoms with Crippen LogP contribution in [0.4, 0.5) is 0 Å². The number of imidazole rings is 1. The minimum absolute atomic E-state index is 0.0560. The van der Waals surface area contributed by atoms with Crippen molar-refractivity contribution in [1.29, 1.82) is 0 Å². The zero-order valence-corrected chi connectivity index (χ0v) is 16.0. The van der Waals surface area contributed by atoms with Gasteiger partial charge in [0.2, 0.25) is 0 Å². The number of pyridine rings is 1. The molecule has 5 nitrogen and oxygen atoms in total. The van der Waals surface area contributed by atoms with Gasteiger partial charge in [0.25, 0.3) is 0 Å². The molecule has 0 aliphatic rings. The first-order valence-corrected chi connectivity index (χ1v) is 8.92. The summed E-state index contributed by atoms with van der Waals surface area (Å²) in [7, 11) is 0. The van der Waals surface area contributed by atoms with E-state index in [2.05, 4.69) is 9.97 Å². The quantitative estimate of drug-likeness (QED) is 0.547. The lowest BCUT2D eigenvalue weighted by Crippen LogP contribution is -2.14. The molecule has 2 heterocycles. The molecule has 1 aromatic carbocycles. The Hall–Kier alpha value is -2.08. The lowest BCUT2D eigenvalue weighted by molar-refractivity contribution is 0.0514. The second-order valence-electron chi connectivity index (χ2n) is 5.36. The third-order valence-electron chi connectivity index (χ3n) is 3.65. The summed E-state index contributed by atoms with van der Waals surface area (Å²) in [5.74, 6) is -0.0690. The molecule has 0 amide bonds. The van der Waals surface area contributed by atoms with E-state index in [1.165, 1.54) is 0 Å². The van der Waals surface area contributed by atoms with Gasteiger partial charge < -0.3 is 9.30 Å². The monoisotopic (exact) mass is 409 g/mol. The molecule has 0 aliphatic heterocycles. The number of carbonyl (C=O) groups excluding carboxylic acids is 1. The maximum Gasteiger partial charge on any atom is 0.358 e. The minimum Gasteiger partial charge on any atom is -0.461 e. The summed E-state index contributed by atoms with van der Waals surface area (Å²) in [6.45, 7) is 2.19. The van der Waals surface area contributed by atoms with Crippen LogP contribution in [-0.4, -0.2) is 27.1 Å². The SMILES string of the molecule is CCOC(=O)c1c(Cl)nc(-c2cccnc2)n1Cc1cc(Cl)ccc1Cl. The molecule has 0 radical (unpaired) electrons. The zero-order chi connectivity index (χ0) is 18.7. The van der Waals surface area contributed by atoms with Crippen molar-refractivity contribution >= 4 is 40.8 Å². The van der Waals surface area contributed by atoms with Gasteiger partial charge >= 0.3 is 5.97 Å². The van der Waals surface area contributed by atoms with E-state index in [1.807, 2.05) is 6.07 Å².